The highest BCUT2D eigenvalue weighted by Crippen LogP contribution is 2.15. The number of ether oxygens (including phenoxy) is 3. The van der Waals surface area contributed by atoms with Crippen molar-refractivity contribution in [1.82, 2.24) is 0 Å². The van der Waals surface area contributed by atoms with Crippen molar-refractivity contribution < 1.29 is 28.6 Å². The highest BCUT2D eigenvalue weighted by molar-refractivity contribution is 5.71. The molecule has 0 saturated heterocycles. The van der Waals surface area contributed by atoms with Gasteiger partial charge in [-0.1, -0.05) is 229 Å². The lowest BCUT2D eigenvalue weighted by Gasteiger charge is -2.18. The summed E-state index contributed by atoms with van der Waals surface area (Å²) in [6.07, 6.45) is 60.4. The predicted octanol–water partition coefficient (Wildman–Crippen LogP) is 16.3. The first-order valence-corrected chi connectivity index (χ1v) is 25.0. The second-order valence-electron chi connectivity index (χ2n) is 16.5. The van der Waals surface area contributed by atoms with Crippen LogP contribution in [0.4, 0.5) is 0 Å². The summed E-state index contributed by atoms with van der Waals surface area (Å²) in [5.74, 6) is -0.994. The molecule has 0 aliphatic carbocycles. The second kappa shape index (κ2) is 48.5. The number of carbonyl (C=O) groups is 3. The van der Waals surface area contributed by atoms with Gasteiger partial charge in [0.05, 0.1) is 0 Å². The first-order chi connectivity index (χ1) is 29.5. The van der Waals surface area contributed by atoms with E-state index in [9.17, 15) is 14.4 Å². The minimum absolute atomic E-state index is 0.102. The molecule has 0 N–H and O–H groups in total. The zero-order valence-electron chi connectivity index (χ0n) is 39.2. The SMILES string of the molecule is CC/C=C/C=C/C=C/C=C/C=C/CCCC(=O)OCC(COC(=O)CCCCCCCCCCCCCCCCC)OC(=O)CCCCC/C=C/CCCCCCCCC. The number of allylic oxidation sites excluding steroid dienone is 12. The van der Waals surface area contributed by atoms with Gasteiger partial charge in [0.1, 0.15) is 13.2 Å². The average Bonchev–Trinajstić information content (AvgIpc) is 3.24. The van der Waals surface area contributed by atoms with E-state index in [0.717, 1.165) is 64.2 Å². The third-order valence-electron chi connectivity index (χ3n) is 10.6. The van der Waals surface area contributed by atoms with E-state index in [2.05, 4.69) is 39.0 Å². The van der Waals surface area contributed by atoms with Crippen molar-refractivity contribution in [3.05, 3.63) is 72.9 Å². The summed E-state index contributed by atoms with van der Waals surface area (Å²) < 4.78 is 16.7. The van der Waals surface area contributed by atoms with Crippen LogP contribution in [0.15, 0.2) is 72.9 Å². The van der Waals surface area contributed by atoms with Gasteiger partial charge in [0.25, 0.3) is 0 Å². The second-order valence-corrected chi connectivity index (χ2v) is 16.5. The van der Waals surface area contributed by atoms with E-state index in [4.69, 9.17) is 14.2 Å². The van der Waals surface area contributed by atoms with E-state index in [1.54, 1.807) is 0 Å². The summed E-state index contributed by atoms with van der Waals surface area (Å²) in [5.41, 5.74) is 0. The van der Waals surface area contributed by atoms with Gasteiger partial charge < -0.3 is 14.2 Å². The highest BCUT2D eigenvalue weighted by Gasteiger charge is 2.19. The fourth-order valence-electron chi connectivity index (χ4n) is 6.82. The Kier molecular flexibility index (Phi) is 46.0. The molecular formula is C54H92O6. The average molecular weight is 837 g/mol. The van der Waals surface area contributed by atoms with Crippen LogP contribution in [-0.2, 0) is 28.6 Å². The Hall–Kier alpha value is -3.15. The van der Waals surface area contributed by atoms with Crippen LogP contribution in [0.2, 0.25) is 0 Å². The molecule has 1 atom stereocenters. The number of hydrogen-bond donors (Lipinski definition) is 0. The van der Waals surface area contributed by atoms with E-state index >= 15 is 0 Å². The first-order valence-electron chi connectivity index (χ1n) is 25.0. The number of unbranched alkanes of at least 4 members (excludes halogenated alkanes) is 25. The molecule has 0 aliphatic rings. The van der Waals surface area contributed by atoms with Crippen LogP contribution in [0.3, 0.4) is 0 Å². The van der Waals surface area contributed by atoms with Gasteiger partial charge in [0, 0.05) is 19.3 Å². The smallest absolute Gasteiger partial charge is 0.306 e. The van der Waals surface area contributed by atoms with E-state index in [1.807, 2.05) is 54.7 Å². The number of rotatable bonds is 44. The van der Waals surface area contributed by atoms with Crippen LogP contribution in [0.5, 0.6) is 0 Å². The van der Waals surface area contributed by atoms with Crippen molar-refractivity contribution in [3.8, 4) is 0 Å². The van der Waals surface area contributed by atoms with Crippen LogP contribution in [0, 0.1) is 0 Å². The molecule has 0 spiro atoms. The van der Waals surface area contributed by atoms with E-state index in [0.29, 0.717) is 19.3 Å². The largest absolute Gasteiger partial charge is 0.462 e. The number of hydrogen-bond acceptors (Lipinski definition) is 6. The summed E-state index contributed by atoms with van der Waals surface area (Å²) in [7, 11) is 0. The molecule has 0 rings (SSSR count). The standard InChI is InChI=1S/C54H92O6/c1-4-7-10-13-16-19-22-25-27-30-32-35-38-41-44-47-53(56)59-50-51(49-58-52(55)46-43-40-37-34-31-28-24-21-18-15-12-9-6-3)60-54(57)48-45-42-39-36-33-29-26-23-20-17-14-11-8-5-2/h9,12,15,18,21,24,28-29,31,33-34,37,51H,4-8,10-11,13-14,16-17,19-20,22-23,25-27,30,32,35-36,38-50H2,1-3H3/b12-9+,18-15+,24-21+,31-28+,33-29+,37-34+. The molecule has 6 heteroatoms. The molecule has 0 amide bonds. The van der Waals surface area contributed by atoms with Crippen LogP contribution in [-0.4, -0.2) is 37.2 Å². The monoisotopic (exact) mass is 837 g/mol. The first kappa shape index (κ1) is 56.9. The molecule has 0 heterocycles. The Balaban J connectivity index is 4.48. The van der Waals surface area contributed by atoms with Crippen molar-refractivity contribution >= 4 is 17.9 Å². The number of carbonyl (C=O) groups excluding carboxylic acids is 3. The van der Waals surface area contributed by atoms with Gasteiger partial charge in [-0.05, 0) is 57.8 Å². The van der Waals surface area contributed by atoms with Crippen LogP contribution < -0.4 is 0 Å². The molecule has 60 heavy (non-hydrogen) atoms. The van der Waals surface area contributed by atoms with Gasteiger partial charge in [-0.3, -0.25) is 14.4 Å². The molecule has 0 aliphatic heterocycles. The van der Waals surface area contributed by atoms with Crippen molar-refractivity contribution in [1.29, 1.82) is 0 Å². The lowest BCUT2D eigenvalue weighted by atomic mass is 10.0. The van der Waals surface area contributed by atoms with Crippen molar-refractivity contribution in [2.75, 3.05) is 13.2 Å². The molecule has 0 aromatic heterocycles. The lowest BCUT2D eigenvalue weighted by molar-refractivity contribution is -0.167. The molecule has 0 aromatic rings. The van der Waals surface area contributed by atoms with Gasteiger partial charge in [-0.25, -0.2) is 0 Å². The molecule has 0 fully saturated rings. The maximum atomic E-state index is 12.8. The highest BCUT2D eigenvalue weighted by atomic mass is 16.6. The lowest BCUT2D eigenvalue weighted by Crippen LogP contribution is -2.30. The summed E-state index contributed by atoms with van der Waals surface area (Å²) in [6.45, 7) is 6.41. The van der Waals surface area contributed by atoms with Crippen molar-refractivity contribution in [2.45, 2.75) is 239 Å². The van der Waals surface area contributed by atoms with Gasteiger partial charge in [0.15, 0.2) is 6.10 Å². The minimum atomic E-state index is -0.809. The molecular weight excluding hydrogens is 745 g/mol. The van der Waals surface area contributed by atoms with E-state index < -0.39 is 6.10 Å². The Morgan fingerprint density at radius 3 is 1.13 bits per heavy atom. The third kappa shape index (κ3) is 45.9. The fraction of sp³-hybridized carbons (Fsp3) is 0.722. The molecule has 344 valence electrons. The molecule has 0 bridgehead atoms. The molecule has 6 nitrogen and oxygen atoms in total. The normalized spacial score (nSPS) is 12.7. The van der Waals surface area contributed by atoms with Crippen LogP contribution in [0.25, 0.3) is 0 Å². The molecule has 0 aromatic carbocycles. The molecule has 0 radical (unpaired) electrons. The maximum Gasteiger partial charge on any atom is 0.306 e. The van der Waals surface area contributed by atoms with E-state index in [-0.39, 0.29) is 37.5 Å². The van der Waals surface area contributed by atoms with Gasteiger partial charge in [-0.15, -0.1) is 0 Å². The topological polar surface area (TPSA) is 78.9 Å². The summed E-state index contributed by atoms with van der Waals surface area (Å²) in [6, 6.07) is 0. The Bertz CT molecular complexity index is 1140. The van der Waals surface area contributed by atoms with Crippen LogP contribution >= 0.6 is 0 Å². The van der Waals surface area contributed by atoms with Gasteiger partial charge in [-0.2, -0.15) is 0 Å². The Morgan fingerprint density at radius 2 is 0.683 bits per heavy atom. The zero-order valence-corrected chi connectivity index (χ0v) is 39.2. The summed E-state index contributed by atoms with van der Waals surface area (Å²) in [4.78, 5) is 37.9. The summed E-state index contributed by atoms with van der Waals surface area (Å²) in [5, 5.41) is 0. The van der Waals surface area contributed by atoms with Crippen LogP contribution in [0.1, 0.15) is 233 Å². The minimum Gasteiger partial charge on any atom is -0.462 e. The van der Waals surface area contributed by atoms with Gasteiger partial charge >= 0.3 is 17.9 Å². The zero-order chi connectivity index (χ0) is 43.7. The molecule has 1 unspecified atom stereocenters. The Morgan fingerprint density at radius 1 is 0.350 bits per heavy atom. The van der Waals surface area contributed by atoms with Gasteiger partial charge in [0.2, 0.25) is 0 Å². The number of esters is 3. The fourth-order valence-corrected chi connectivity index (χ4v) is 6.82. The molecule has 0 saturated carbocycles. The quantitative estimate of drug-likeness (QED) is 0.0200. The van der Waals surface area contributed by atoms with Crippen molar-refractivity contribution in [2.24, 2.45) is 0 Å². The maximum absolute atomic E-state index is 12.8. The summed E-state index contributed by atoms with van der Waals surface area (Å²) >= 11 is 0. The van der Waals surface area contributed by atoms with Crippen molar-refractivity contribution in [3.63, 3.8) is 0 Å². The third-order valence-corrected chi connectivity index (χ3v) is 10.6. The predicted molar refractivity (Wildman–Crippen MR) is 256 cm³/mol. The van der Waals surface area contributed by atoms with E-state index in [1.165, 1.54) is 122 Å². The Labute approximate surface area is 370 Å².